The molecule has 1 aliphatic heterocycles. The van der Waals surface area contributed by atoms with Crippen LogP contribution in [0.15, 0.2) is 52.4 Å². The Bertz CT molecular complexity index is 1090. The van der Waals surface area contributed by atoms with Crippen molar-refractivity contribution in [3.05, 3.63) is 58.0 Å². The molecule has 0 fully saturated rings. The van der Waals surface area contributed by atoms with Gasteiger partial charge in [0.15, 0.2) is 23.3 Å². The van der Waals surface area contributed by atoms with Gasteiger partial charge in [-0.25, -0.2) is 0 Å². The Balaban J connectivity index is 1.71. The van der Waals surface area contributed by atoms with Crippen LogP contribution in [0.25, 0.3) is 6.08 Å². The van der Waals surface area contributed by atoms with Gasteiger partial charge in [-0.2, -0.15) is 4.99 Å². The number of hydrogen-bond acceptors (Lipinski definition) is 6. The Hall–Kier alpha value is -3.30. The van der Waals surface area contributed by atoms with Gasteiger partial charge in [-0.15, -0.1) is 0 Å². The molecule has 0 saturated heterocycles. The molecule has 0 aliphatic carbocycles. The van der Waals surface area contributed by atoms with Crippen LogP contribution in [0.4, 0.5) is 5.69 Å². The van der Waals surface area contributed by atoms with Crippen molar-refractivity contribution < 1.29 is 23.9 Å². The van der Waals surface area contributed by atoms with Gasteiger partial charge in [-0.3, -0.25) is 14.4 Å². The highest BCUT2D eigenvalue weighted by molar-refractivity contribution is 8.18. The van der Waals surface area contributed by atoms with E-state index in [0.717, 1.165) is 11.8 Å². The summed E-state index contributed by atoms with van der Waals surface area (Å²) in [5, 5.41) is 5.61. The zero-order chi connectivity index (χ0) is 22.4. The van der Waals surface area contributed by atoms with E-state index < -0.39 is 5.91 Å². The van der Waals surface area contributed by atoms with Crippen LogP contribution >= 0.6 is 23.4 Å². The van der Waals surface area contributed by atoms with Gasteiger partial charge in [0.1, 0.15) is 0 Å². The van der Waals surface area contributed by atoms with Gasteiger partial charge in [0.2, 0.25) is 5.91 Å². The van der Waals surface area contributed by atoms with Gasteiger partial charge in [0.05, 0.1) is 17.0 Å². The van der Waals surface area contributed by atoms with E-state index in [-0.39, 0.29) is 34.4 Å². The molecule has 0 atom stereocenters. The number of benzene rings is 2. The van der Waals surface area contributed by atoms with E-state index in [0.29, 0.717) is 21.9 Å². The second-order valence-corrected chi connectivity index (χ2v) is 7.69. The smallest absolute Gasteiger partial charge is 0.286 e. The fraction of sp³-hybridized carbons (Fsp3) is 0.143. The molecular weight excluding hydrogens is 442 g/mol. The third kappa shape index (κ3) is 6.09. The van der Waals surface area contributed by atoms with E-state index >= 15 is 0 Å². The highest BCUT2D eigenvalue weighted by Gasteiger charge is 2.23. The Morgan fingerprint density at radius 2 is 1.94 bits per heavy atom. The number of carbonyl (C=O) groups excluding carboxylic acids is 3. The van der Waals surface area contributed by atoms with Gasteiger partial charge >= 0.3 is 0 Å². The van der Waals surface area contributed by atoms with E-state index in [2.05, 4.69) is 15.6 Å². The summed E-state index contributed by atoms with van der Waals surface area (Å²) in [4.78, 5) is 39.4. The number of nitrogens with one attached hydrogen (secondary N) is 2. The van der Waals surface area contributed by atoms with E-state index in [1.807, 2.05) is 6.07 Å². The topological polar surface area (TPSA) is 106 Å². The zero-order valence-electron chi connectivity index (χ0n) is 16.6. The first kappa shape index (κ1) is 22.4. The van der Waals surface area contributed by atoms with Crippen molar-refractivity contribution in [3.63, 3.8) is 0 Å². The maximum atomic E-state index is 12.1. The molecule has 1 heterocycles. The lowest BCUT2D eigenvalue weighted by molar-refractivity contribution is -0.118. The largest absolute Gasteiger partial charge is 0.493 e. The molecule has 2 aromatic carbocycles. The zero-order valence-corrected chi connectivity index (χ0v) is 18.2. The molecule has 3 rings (SSSR count). The molecule has 0 saturated carbocycles. The van der Waals surface area contributed by atoms with Crippen molar-refractivity contribution >= 4 is 58.0 Å². The summed E-state index contributed by atoms with van der Waals surface area (Å²) >= 11 is 7.38. The first-order chi connectivity index (χ1) is 14.9. The number of ether oxygens (including phenoxy) is 2. The van der Waals surface area contributed by atoms with Crippen molar-refractivity contribution in [3.8, 4) is 11.5 Å². The van der Waals surface area contributed by atoms with Crippen molar-refractivity contribution in [1.29, 1.82) is 0 Å². The summed E-state index contributed by atoms with van der Waals surface area (Å²) in [6.07, 6.45) is 1.58. The molecule has 160 valence electrons. The quantitative estimate of drug-likeness (QED) is 0.641. The van der Waals surface area contributed by atoms with Crippen molar-refractivity contribution in [2.75, 3.05) is 19.0 Å². The standard InChI is InChI=1S/C21H18ClN3O5S/c1-12(26)23-21-25-20(28)17(31-21)10-13-8-15(22)19(16(9-13)29-2)30-11-18(27)24-14-6-4-3-5-7-14/h3-10H,11H2,1-2H3,(H,24,27)(H,23,25,26,28)/b17-10-. The molecule has 0 aromatic heterocycles. The molecule has 2 N–H and O–H groups in total. The first-order valence-electron chi connectivity index (χ1n) is 9.01. The fourth-order valence-electron chi connectivity index (χ4n) is 2.58. The minimum absolute atomic E-state index is 0.204. The average molecular weight is 460 g/mol. The molecule has 0 spiro atoms. The van der Waals surface area contributed by atoms with Gasteiger partial charge < -0.3 is 20.1 Å². The SMILES string of the molecule is COc1cc(/C=C2\SC(NC(C)=O)=NC2=O)cc(Cl)c1OCC(=O)Nc1ccccc1. The van der Waals surface area contributed by atoms with Crippen LogP contribution in [-0.4, -0.2) is 36.6 Å². The molecule has 8 nitrogen and oxygen atoms in total. The number of halogens is 1. The van der Waals surface area contributed by atoms with Crippen molar-refractivity contribution in [2.45, 2.75) is 6.92 Å². The van der Waals surface area contributed by atoms with Crippen molar-refractivity contribution in [2.24, 2.45) is 4.99 Å². The molecule has 31 heavy (non-hydrogen) atoms. The first-order valence-corrected chi connectivity index (χ1v) is 10.2. The van der Waals surface area contributed by atoms with Crippen LogP contribution in [-0.2, 0) is 14.4 Å². The molecule has 1 aliphatic rings. The molecular formula is C21H18ClN3O5S. The van der Waals surface area contributed by atoms with E-state index in [1.165, 1.54) is 14.0 Å². The highest BCUT2D eigenvalue weighted by Crippen LogP contribution is 2.38. The lowest BCUT2D eigenvalue weighted by Gasteiger charge is -2.13. The second-order valence-electron chi connectivity index (χ2n) is 6.25. The number of anilines is 1. The molecule has 3 amide bonds. The highest BCUT2D eigenvalue weighted by atomic mass is 35.5. The Labute approximate surface area is 187 Å². The maximum Gasteiger partial charge on any atom is 0.286 e. The molecule has 10 heteroatoms. The number of carbonyl (C=O) groups is 3. The van der Waals surface area contributed by atoms with Gasteiger partial charge in [-0.1, -0.05) is 29.8 Å². The molecule has 0 radical (unpaired) electrons. The van der Waals surface area contributed by atoms with Crippen LogP contribution in [0.5, 0.6) is 11.5 Å². The van der Waals surface area contributed by atoms with Crippen LogP contribution in [0.3, 0.4) is 0 Å². The summed E-state index contributed by atoms with van der Waals surface area (Å²) in [6.45, 7) is 1.06. The summed E-state index contributed by atoms with van der Waals surface area (Å²) in [7, 11) is 1.44. The lowest BCUT2D eigenvalue weighted by atomic mass is 10.2. The van der Waals surface area contributed by atoms with E-state index in [1.54, 1.807) is 42.5 Å². The molecule has 0 bridgehead atoms. The Kier molecular flexibility index (Phi) is 7.32. The van der Waals surface area contributed by atoms with Crippen LogP contribution in [0, 0.1) is 0 Å². The lowest BCUT2D eigenvalue weighted by Crippen LogP contribution is -2.23. The minimum Gasteiger partial charge on any atom is -0.493 e. The summed E-state index contributed by atoms with van der Waals surface area (Å²) in [5.74, 6) is -0.642. The van der Waals surface area contributed by atoms with Crippen molar-refractivity contribution in [1.82, 2.24) is 5.32 Å². The number of thioether (sulfide) groups is 1. The average Bonchev–Trinajstić information content (AvgIpc) is 3.05. The normalized spacial score (nSPS) is 14.2. The maximum absolute atomic E-state index is 12.1. The van der Waals surface area contributed by atoms with Crippen LogP contribution in [0.2, 0.25) is 5.02 Å². The number of rotatable bonds is 6. The van der Waals surface area contributed by atoms with Gasteiger partial charge in [-0.05, 0) is 47.7 Å². The third-order valence-electron chi connectivity index (χ3n) is 3.86. The predicted octanol–water partition coefficient (Wildman–Crippen LogP) is 3.47. The number of hydrogen-bond donors (Lipinski definition) is 2. The van der Waals surface area contributed by atoms with Crippen LogP contribution in [0.1, 0.15) is 12.5 Å². The van der Waals surface area contributed by atoms with E-state index in [4.69, 9.17) is 21.1 Å². The van der Waals surface area contributed by atoms with Gasteiger partial charge in [0.25, 0.3) is 11.8 Å². The van der Waals surface area contributed by atoms with E-state index in [9.17, 15) is 14.4 Å². The second kappa shape index (κ2) is 10.1. The minimum atomic E-state index is -0.471. The number of nitrogens with zero attached hydrogens (tertiary/aromatic N) is 1. The number of aliphatic imine (C=N–C) groups is 1. The number of amides is 3. The predicted molar refractivity (Wildman–Crippen MR) is 120 cm³/mol. The van der Waals surface area contributed by atoms with Gasteiger partial charge in [0, 0.05) is 12.6 Å². The number of para-hydroxylation sites is 1. The summed E-state index contributed by atoms with van der Waals surface area (Å²) in [5.41, 5.74) is 1.22. The molecule has 0 unspecified atom stereocenters. The monoisotopic (exact) mass is 459 g/mol. The number of amidine groups is 1. The fourth-order valence-corrected chi connectivity index (χ4v) is 3.72. The summed E-state index contributed by atoms with van der Waals surface area (Å²) in [6, 6.07) is 12.2. The Morgan fingerprint density at radius 3 is 2.61 bits per heavy atom. The van der Waals surface area contributed by atoms with Crippen LogP contribution < -0.4 is 20.1 Å². The molecule has 2 aromatic rings. The number of methoxy groups -OCH3 is 1. The Morgan fingerprint density at radius 1 is 1.19 bits per heavy atom. The summed E-state index contributed by atoms with van der Waals surface area (Å²) < 4.78 is 10.9. The third-order valence-corrected chi connectivity index (χ3v) is 5.04.